The van der Waals surface area contributed by atoms with Crippen LogP contribution >= 0.6 is 0 Å². The fraction of sp³-hybridized carbons (Fsp3) is 0.353. The molecule has 2 aromatic rings. The lowest BCUT2D eigenvalue weighted by molar-refractivity contribution is 0.252. The van der Waals surface area contributed by atoms with E-state index in [9.17, 15) is 0 Å². The first-order valence-corrected chi connectivity index (χ1v) is 7.30. The fourth-order valence-electron chi connectivity index (χ4n) is 2.63. The molecule has 5 nitrogen and oxygen atoms in total. The van der Waals surface area contributed by atoms with E-state index in [1.54, 1.807) is 20.4 Å². The molecular formula is C17H20N2O3. The van der Waals surface area contributed by atoms with Gasteiger partial charge in [-0.25, -0.2) is 4.98 Å². The second kappa shape index (κ2) is 6.13. The maximum atomic E-state index is 5.93. The van der Waals surface area contributed by atoms with Crippen molar-refractivity contribution < 1.29 is 14.2 Å². The molecule has 116 valence electrons. The van der Waals surface area contributed by atoms with Crippen LogP contribution in [0.5, 0.6) is 17.4 Å². The van der Waals surface area contributed by atoms with Crippen molar-refractivity contribution >= 4 is 5.69 Å². The number of nitrogens with one attached hydrogen (secondary N) is 1. The topological polar surface area (TPSA) is 52.6 Å². The molecule has 1 atom stereocenters. The van der Waals surface area contributed by atoms with Crippen LogP contribution in [0.2, 0.25) is 0 Å². The lowest BCUT2D eigenvalue weighted by Gasteiger charge is -2.13. The Morgan fingerprint density at radius 3 is 2.82 bits per heavy atom. The number of pyridine rings is 1. The van der Waals surface area contributed by atoms with Crippen LogP contribution in [0, 0.1) is 0 Å². The van der Waals surface area contributed by atoms with Crippen molar-refractivity contribution in [1.82, 2.24) is 4.98 Å². The van der Waals surface area contributed by atoms with Crippen LogP contribution in [0.1, 0.15) is 18.1 Å². The molecule has 5 heteroatoms. The van der Waals surface area contributed by atoms with Crippen molar-refractivity contribution in [3.8, 4) is 17.4 Å². The Hall–Kier alpha value is -2.43. The van der Waals surface area contributed by atoms with E-state index >= 15 is 0 Å². The van der Waals surface area contributed by atoms with Gasteiger partial charge in [-0.2, -0.15) is 0 Å². The standard InChI is InChI=1S/C17H20N2O3/c1-11-6-12-7-15(20-2)8-13(17(12)22-11)9-18-14-4-5-16(21-3)19-10-14/h4-5,7-8,10-11,18H,6,9H2,1-3H3. The fourth-order valence-corrected chi connectivity index (χ4v) is 2.63. The van der Waals surface area contributed by atoms with Gasteiger partial charge in [0.1, 0.15) is 17.6 Å². The van der Waals surface area contributed by atoms with Crippen LogP contribution in [0.25, 0.3) is 0 Å². The minimum Gasteiger partial charge on any atom is -0.497 e. The molecule has 1 aromatic heterocycles. The number of fused-ring (bicyclic) bond motifs is 1. The number of nitrogens with zero attached hydrogens (tertiary/aromatic N) is 1. The van der Waals surface area contributed by atoms with Crippen molar-refractivity contribution in [3.05, 3.63) is 41.6 Å². The van der Waals surface area contributed by atoms with Gasteiger partial charge in [-0.15, -0.1) is 0 Å². The van der Waals surface area contributed by atoms with Crippen LogP contribution in [-0.2, 0) is 13.0 Å². The number of hydrogen-bond donors (Lipinski definition) is 1. The van der Waals surface area contributed by atoms with Crippen molar-refractivity contribution in [2.45, 2.75) is 26.0 Å². The normalized spacial score (nSPS) is 15.9. The zero-order chi connectivity index (χ0) is 15.5. The van der Waals surface area contributed by atoms with Gasteiger partial charge in [-0.1, -0.05) is 0 Å². The van der Waals surface area contributed by atoms with Crippen LogP contribution < -0.4 is 19.5 Å². The quantitative estimate of drug-likeness (QED) is 0.920. The van der Waals surface area contributed by atoms with Crippen LogP contribution in [0.4, 0.5) is 5.69 Å². The molecule has 0 radical (unpaired) electrons. The molecule has 1 aromatic carbocycles. The van der Waals surface area contributed by atoms with E-state index in [1.165, 1.54) is 5.56 Å². The molecule has 0 saturated carbocycles. The number of aromatic nitrogens is 1. The van der Waals surface area contributed by atoms with Gasteiger partial charge in [-0.3, -0.25) is 0 Å². The number of rotatable bonds is 5. The van der Waals surface area contributed by atoms with E-state index in [-0.39, 0.29) is 6.10 Å². The molecule has 1 N–H and O–H groups in total. The van der Waals surface area contributed by atoms with Gasteiger partial charge in [-0.05, 0) is 25.1 Å². The number of hydrogen-bond acceptors (Lipinski definition) is 5. The monoisotopic (exact) mass is 300 g/mol. The predicted octanol–water partition coefficient (Wildman–Crippen LogP) is 3.03. The van der Waals surface area contributed by atoms with E-state index < -0.39 is 0 Å². The first kappa shape index (κ1) is 14.5. The molecule has 0 bridgehead atoms. The zero-order valence-electron chi connectivity index (χ0n) is 13.1. The molecule has 1 aliphatic rings. The van der Waals surface area contributed by atoms with Crippen LogP contribution in [0.15, 0.2) is 30.5 Å². The molecular weight excluding hydrogens is 280 g/mol. The Morgan fingerprint density at radius 2 is 2.14 bits per heavy atom. The maximum Gasteiger partial charge on any atom is 0.213 e. The summed E-state index contributed by atoms with van der Waals surface area (Å²) < 4.78 is 16.4. The summed E-state index contributed by atoms with van der Waals surface area (Å²) >= 11 is 0. The third-order valence-electron chi connectivity index (χ3n) is 3.71. The SMILES string of the molecule is COc1cc(CNc2ccc(OC)nc2)c2c(c1)CC(C)O2. The Labute approximate surface area is 130 Å². The number of ether oxygens (including phenoxy) is 3. The van der Waals surface area contributed by atoms with Gasteiger partial charge in [0.2, 0.25) is 5.88 Å². The molecule has 1 unspecified atom stereocenters. The van der Waals surface area contributed by atoms with Crippen molar-refractivity contribution in [2.75, 3.05) is 19.5 Å². The van der Waals surface area contributed by atoms with E-state index in [0.29, 0.717) is 12.4 Å². The summed E-state index contributed by atoms with van der Waals surface area (Å²) in [5.74, 6) is 2.44. The highest BCUT2D eigenvalue weighted by atomic mass is 16.5. The summed E-state index contributed by atoms with van der Waals surface area (Å²) in [5, 5.41) is 3.35. The maximum absolute atomic E-state index is 5.93. The van der Waals surface area contributed by atoms with Crippen molar-refractivity contribution in [2.24, 2.45) is 0 Å². The molecule has 0 amide bonds. The summed E-state index contributed by atoms with van der Waals surface area (Å²) in [6, 6.07) is 7.84. The molecule has 0 fully saturated rings. The molecule has 2 heterocycles. The molecule has 0 spiro atoms. The smallest absolute Gasteiger partial charge is 0.213 e. The van der Waals surface area contributed by atoms with E-state index in [0.717, 1.165) is 29.2 Å². The van der Waals surface area contributed by atoms with Gasteiger partial charge in [0.15, 0.2) is 0 Å². The number of anilines is 1. The Balaban J connectivity index is 1.78. The summed E-state index contributed by atoms with van der Waals surface area (Å²) in [6.07, 6.45) is 2.88. The van der Waals surface area contributed by atoms with E-state index in [2.05, 4.69) is 23.3 Å². The van der Waals surface area contributed by atoms with Gasteiger partial charge < -0.3 is 19.5 Å². The third kappa shape index (κ3) is 2.93. The van der Waals surface area contributed by atoms with Crippen LogP contribution in [-0.4, -0.2) is 25.3 Å². The second-order valence-corrected chi connectivity index (χ2v) is 5.35. The first-order valence-electron chi connectivity index (χ1n) is 7.30. The van der Waals surface area contributed by atoms with Gasteiger partial charge in [0.25, 0.3) is 0 Å². The summed E-state index contributed by atoms with van der Waals surface area (Å²) in [5.41, 5.74) is 3.23. The second-order valence-electron chi connectivity index (χ2n) is 5.35. The highest BCUT2D eigenvalue weighted by molar-refractivity contribution is 5.52. The van der Waals surface area contributed by atoms with Crippen molar-refractivity contribution in [1.29, 1.82) is 0 Å². The van der Waals surface area contributed by atoms with E-state index in [1.807, 2.05) is 18.2 Å². The Bertz CT molecular complexity index is 656. The Morgan fingerprint density at radius 1 is 1.27 bits per heavy atom. The van der Waals surface area contributed by atoms with Gasteiger partial charge >= 0.3 is 0 Å². The predicted molar refractivity (Wildman–Crippen MR) is 84.9 cm³/mol. The average molecular weight is 300 g/mol. The third-order valence-corrected chi connectivity index (χ3v) is 3.71. The number of benzene rings is 1. The average Bonchev–Trinajstić information content (AvgIpc) is 2.93. The molecule has 0 saturated heterocycles. The summed E-state index contributed by atoms with van der Waals surface area (Å²) in [7, 11) is 3.29. The molecule has 0 aliphatic carbocycles. The van der Waals surface area contributed by atoms with Crippen molar-refractivity contribution in [3.63, 3.8) is 0 Å². The molecule has 22 heavy (non-hydrogen) atoms. The largest absolute Gasteiger partial charge is 0.497 e. The minimum atomic E-state index is 0.212. The highest BCUT2D eigenvalue weighted by Crippen LogP contribution is 2.36. The molecule has 3 rings (SSSR count). The lowest BCUT2D eigenvalue weighted by atomic mass is 10.1. The Kier molecular flexibility index (Phi) is 4.04. The first-order chi connectivity index (χ1) is 10.7. The summed E-state index contributed by atoms with van der Waals surface area (Å²) in [6.45, 7) is 2.73. The lowest BCUT2D eigenvalue weighted by Crippen LogP contribution is -2.07. The van der Waals surface area contributed by atoms with E-state index in [4.69, 9.17) is 14.2 Å². The van der Waals surface area contributed by atoms with Gasteiger partial charge in [0.05, 0.1) is 26.1 Å². The van der Waals surface area contributed by atoms with Gasteiger partial charge in [0, 0.05) is 30.2 Å². The highest BCUT2D eigenvalue weighted by Gasteiger charge is 2.23. The number of methoxy groups -OCH3 is 2. The zero-order valence-corrected chi connectivity index (χ0v) is 13.1. The van der Waals surface area contributed by atoms with Crippen LogP contribution in [0.3, 0.4) is 0 Å². The summed E-state index contributed by atoms with van der Waals surface area (Å²) in [4.78, 5) is 4.19. The molecule has 1 aliphatic heterocycles. The minimum absolute atomic E-state index is 0.212.